The molecule has 0 spiro atoms. The predicted octanol–water partition coefficient (Wildman–Crippen LogP) is 2.08. The quantitative estimate of drug-likeness (QED) is 0.881. The van der Waals surface area contributed by atoms with Crippen molar-refractivity contribution in [1.29, 1.82) is 0 Å². The Morgan fingerprint density at radius 2 is 1.94 bits per heavy atom. The normalized spacial score (nSPS) is 10.1. The van der Waals surface area contributed by atoms with Crippen molar-refractivity contribution in [2.45, 2.75) is 0 Å². The lowest BCUT2D eigenvalue weighted by atomic mass is 10.2. The molecular weight excluding hydrogens is 233 g/mol. The molecule has 0 unspecified atom stereocenters. The van der Waals surface area contributed by atoms with Gasteiger partial charge in [0.1, 0.15) is 11.6 Å². The summed E-state index contributed by atoms with van der Waals surface area (Å²) in [4.78, 5) is 17.4. The molecule has 0 fully saturated rings. The number of pyridine rings is 1. The summed E-state index contributed by atoms with van der Waals surface area (Å²) in [6.45, 7) is 0. The second kappa shape index (κ2) is 4.83. The first-order valence-corrected chi connectivity index (χ1v) is 5.33. The minimum Gasteiger partial charge on any atom is -0.384 e. The number of rotatable bonds is 2. The Balaban J connectivity index is 2.26. The van der Waals surface area contributed by atoms with Gasteiger partial charge in [-0.25, -0.2) is 9.37 Å². The molecule has 0 radical (unpaired) electrons. The van der Waals surface area contributed by atoms with Crippen molar-refractivity contribution in [3.63, 3.8) is 0 Å². The summed E-state index contributed by atoms with van der Waals surface area (Å²) in [5, 5.41) is 0. The molecule has 1 aromatic heterocycles. The van der Waals surface area contributed by atoms with Crippen LogP contribution in [0.2, 0.25) is 0 Å². The Bertz CT molecular complexity index is 569. The van der Waals surface area contributed by atoms with Crippen molar-refractivity contribution in [3.05, 3.63) is 54.0 Å². The van der Waals surface area contributed by atoms with Crippen molar-refractivity contribution in [2.24, 2.45) is 0 Å². The molecule has 0 aliphatic rings. The fourth-order valence-electron chi connectivity index (χ4n) is 1.56. The average molecular weight is 245 g/mol. The Kier molecular flexibility index (Phi) is 3.23. The van der Waals surface area contributed by atoms with Crippen LogP contribution in [0.15, 0.2) is 42.6 Å². The Morgan fingerprint density at radius 3 is 2.56 bits per heavy atom. The van der Waals surface area contributed by atoms with Crippen molar-refractivity contribution in [2.75, 3.05) is 17.7 Å². The number of anilines is 2. The first kappa shape index (κ1) is 12.0. The van der Waals surface area contributed by atoms with Gasteiger partial charge in [0, 0.05) is 24.5 Å². The van der Waals surface area contributed by atoms with Gasteiger partial charge >= 0.3 is 0 Å². The number of nitrogens with zero attached hydrogens (tertiary/aromatic N) is 2. The van der Waals surface area contributed by atoms with Crippen LogP contribution in [0.25, 0.3) is 0 Å². The molecule has 5 heteroatoms. The molecule has 2 aromatic rings. The van der Waals surface area contributed by atoms with Crippen LogP contribution in [0.5, 0.6) is 0 Å². The van der Waals surface area contributed by atoms with Gasteiger partial charge in [-0.3, -0.25) is 4.79 Å². The molecule has 0 aliphatic carbocycles. The van der Waals surface area contributed by atoms with Crippen LogP contribution < -0.4 is 10.6 Å². The van der Waals surface area contributed by atoms with E-state index in [-0.39, 0.29) is 17.5 Å². The van der Waals surface area contributed by atoms with Gasteiger partial charge in [0.15, 0.2) is 0 Å². The van der Waals surface area contributed by atoms with Crippen LogP contribution >= 0.6 is 0 Å². The van der Waals surface area contributed by atoms with E-state index in [9.17, 15) is 9.18 Å². The van der Waals surface area contributed by atoms with E-state index in [1.165, 1.54) is 41.4 Å². The zero-order chi connectivity index (χ0) is 13.1. The molecule has 1 heterocycles. The lowest BCUT2D eigenvalue weighted by Crippen LogP contribution is -2.26. The monoisotopic (exact) mass is 245 g/mol. The maximum Gasteiger partial charge on any atom is 0.258 e. The van der Waals surface area contributed by atoms with E-state index in [0.717, 1.165) is 0 Å². The Labute approximate surface area is 104 Å². The van der Waals surface area contributed by atoms with Crippen LogP contribution in [0.4, 0.5) is 15.9 Å². The molecule has 0 atom stereocenters. The number of nitrogens with two attached hydrogens (primary N) is 1. The third-order valence-corrected chi connectivity index (χ3v) is 2.55. The van der Waals surface area contributed by atoms with Crippen LogP contribution in [0.3, 0.4) is 0 Å². The van der Waals surface area contributed by atoms with E-state index in [2.05, 4.69) is 4.98 Å². The molecule has 0 bridgehead atoms. The number of halogens is 1. The predicted molar refractivity (Wildman–Crippen MR) is 67.8 cm³/mol. The second-order valence-electron chi connectivity index (χ2n) is 3.81. The Morgan fingerprint density at radius 1 is 1.28 bits per heavy atom. The number of carbonyl (C=O) groups excluding carboxylic acids is 1. The van der Waals surface area contributed by atoms with Crippen LogP contribution in [-0.2, 0) is 0 Å². The van der Waals surface area contributed by atoms with Gasteiger partial charge in [-0.05, 0) is 36.4 Å². The standard InChI is InChI=1S/C13H12FN3O/c1-17(11-4-2-10(14)3-5-11)13(18)9-6-7-16-12(15)8-9/h2-8H,1H3,(H2,15,16). The van der Waals surface area contributed by atoms with Gasteiger partial charge in [0.05, 0.1) is 0 Å². The third kappa shape index (κ3) is 2.45. The van der Waals surface area contributed by atoms with E-state index in [1.807, 2.05) is 0 Å². The first-order chi connectivity index (χ1) is 8.58. The highest BCUT2D eigenvalue weighted by atomic mass is 19.1. The number of aromatic nitrogens is 1. The molecule has 0 saturated heterocycles. The molecule has 0 aliphatic heterocycles. The fourth-order valence-corrected chi connectivity index (χ4v) is 1.56. The van der Waals surface area contributed by atoms with Gasteiger partial charge in [0.25, 0.3) is 5.91 Å². The SMILES string of the molecule is CN(C(=O)c1ccnc(N)c1)c1ccc(F)cc1. The van der Waals surface area contributed by atoms with E-state index < -0.39 is 0 Å². The second-order valence-corrected chi connectivity index (χ2v) is 3.81. The summed E-state index contributed by atoms with van der Waals surface area (Å²) in [7, 11) is 1.62. The molecule has 92 valence electrons. The average Bonchev–Trinajstić information content (AvgIpc) is 2.38. The number of nitrogen functional groups attached to an aromatic ring is 1. The Hall–Kier alpha value is -2.43. The van der Waals surface area contributed by atoms with E-state index in [0.29, 0.717) is 11.3 Å². The van der Waals surface area contributed by atoms with Crippen LogP contribution in [-0.4, -0.2) is 17.9 Å². The summed E-state index contributed by atoms with van der Waals surface area (Å²) in [5.74, 6) is -0.281. The zero-order valence-corrected chi connectivity index (χ0v) is 9.80. The van der Waals surface area contributed by atoms with Crippen molar-refractivity contribution >= 4 is 17.4 Å². The van der Waals surface area contributed by atoms with Gasteiger partial charge in [0.2, 0.25) is 0 Å². The lowest BCUT2D eigenvalue weighted by Gasteiger charge is -2.17. The number of amides is 1. The molecule has 2 N–H and O–H groups in total. The summed E-state index contributed by atoms with van der Waals surface area (Å²) < 4.78 is 12.8. The molecule has 2 rings (SSSR count). The zero-order valence-electron chi connectivity index (χ0n) is 9.80. The summed E-state index contributed by atoms with van der Waals surface area (Å²) in [6, 6.07) is 8.77. The topological polar surface area (TPSA) is 59.2 Å². The largest absolute Gasteiger partial charge is 0.384 e. The minimum absolute atomic E-state index is 0.226. The summed E-state index contributed by atoms with van der Waals surface area (Å²) >= 11 is 0. The molecule has 18 heavy (non-hydrogen) atoms. The third-order valence-electron chi connectivity index (χ3n) is 2.55. The number of hydrogen-bond acceptors (Lipinski definition) is 3. The van der Waals surface area contributed by atoms with Crippen molar-refractivity contribution in [3.8, 4) is 0 Å². The highest BCUT2D eigenvalue weighted by Crippen LogP contribution is 2.16. The van der Waals surface area contributed by atoms with Gasteiger partial charge < -0.3 is 10.6 Å². The molecular formula is C13H12FN3O. The van der Waals surface area contributed by atoms with E-state index in [1.54, 1.807) is 13.1 Å². The fraction of sp³-hybridized carbons (Fsp3) is 0.0769. The highest BCUT2D eigenvalue weighted by Gasteiger charge is 2.13. The number of hydrogen-bond donors (Lipinski definition) is 1. The molecule has 0 saturated carbocycles. The summed E-state index contributed by atoms with van der Waals surface area (Å²) in [6.07, 6.45) is 1.47. The molecule has 1 aromatic carbocycles. The van der Waals surface area contributed by atoms with Crippen LogP contribution in [0, 0.1) is 5.82 Å². The van der Waals surface area contributed by atoms with Crippen LogP contribution in [0.1, 0.15) is 10.4 Å². The molecule has 4 nitrogen and oxygen atoms in total. The van der Waals surface area contributed by atoms with Crippen molar-refractivity contribution in [1.82, 2.24) is 4.98 Å². The van der Waals surface area contributed by atoms with E-state index in [4.69, 9.17) is 5.73 Å². The smallest absolute Gasteiger partial charge is 0.258 e. The number of benzene rings is 1. The highest BCUT2D eigenvalue weighted by molar-refractivity contribution is 6.05. The first-order valence-electron chi connectivity index (χ1n) is 5.33. The van der Waals surface area contributed by atoms with Crippen molar-refractivity contribution < 1.29 is 9.18 Å². The minimum atomic E-state index is -0.340. The molecule has 1 amide bonds. The summed E-state index contributed by atoms with van der Waals surface area (Å²) in [5.41, 5.74) is 6.57. The van der Waals surface area contributed by atoms with Gasteiger partial charge in [-0.2, -0.15) is 0 Å². The van der Waals surface area contributed by atoms with Gasteiger partial charge in [-0.1, -0.05) is 0 Å². The van der Waals surface area contributed by atoms with Gasteiger partial charge in [-0.15, -0.1) is 0 Å². The maximum atomic E-state index is 12.8. The number of carbonyl (C=O) groups is 1. The lowest BCUT2D eigenvalue weighted by molar-refractivity contribution is 0.0993. The maximum absolute atomic E-state index is 12.8. The van der Waals surface area contributed by atoms with E-state index >= 15 is 0 Å².